The molecule has 1 aliphatic carbocycles. The van der Waals surface area contributed by atoms with Gasteiger partial charge in [-0.3, -0.25) is 4.79 Å². The van der Waals surface area contributed by atoms with Gasteiger partial charge in [0.25, 0.3) is 0 Å². The zero-order chi connectivity index (χ0) is 24.5. The first-order valence-electron chi connectivity index (χ1n) is 11.5. The molecule has 1 aliphatic heterocycles. The lowest BCUT2D eigenvalue weighted by Gasteiger charge is -2.30. The van der Waals surface area contributed by atoms with Crippen LogP contribution in [0.3, 0.4) is 0 Å². The van der Waals surface area contributed by atoms with Gasteiger partial charge in [-0.1, -0.05) is 35.9 Å². The van der Waals surface area contributed by atoms with Crippen molar-refractivity contribution < 1.29 is 19.0 Å². The Balaban J connectivity index is 1.59. The van der Waals surface area contributed by atoms with Crippen molar-refractivity contribution in [3.8, 4) is 17.2 Å². The molecule has 0 spiro atoms. The molecule has 3 aromatic rings. The van der Waals surface area contributed by atoms with Crippen molar-refractivity contribution in [1.29, 1.82) is 0 Å². The van der Waals surface area contributed by atoms with Crippen LogP contribution in [-0.2, 0) is 4.79 Å². The number of benzene rings is 3. The largest absolute Gasteiger partial charge is 0.493 e. The number of anilines is 2. The van der Waals surface area contributed by atoms with Crippen LogP contribution in [0.2, 0.25) is 5.02 Å². The van der Waals surface area contributed by atoms with Gasteiger partial charge in [-0.25, -0.2) is 0 Å². The first-order chi connectivity index (χ1) is 17.0. The van der Waals surface area contributed by atoms with E-state index in [1.54, 1.807) is 21.3 Å². The lowest BCUT2D eigenvalue weighted by atomic mass is 9.78. The summed E-state index contributed by atoms with van der Waals surface area (Å²) in [6.45, 7) is 0. The van der Waals surface area contributed by atoms with Crippen LogP contribution in [0.15, 0.2) is 71.9 Å². The van der Waals surface area contributed by atoms with E-state index in [1.807, 2.05) is 60.7 Å². The zero-order valence-electron chi connectivity index (χ0n) is 19.9. The number of para-hydroxylation sites is 2. The average molecular weight is 491 g/mol. The topological polar surface area (TPSA) is 68.8 Å². The normalized spacial score (nSPS) is 19.0. The van der Waals surface area contributed by atoms with Crippen molar-refractivity contribution in [3.05, 3.63) is 88.1 Å². The summed E-state index contributed by atoms with van der Waals surface area (Å²) in [6, 6.07) is 19.2. The molecule has 0 bridgehead atoms. The molecule has 2 aliphatic rings. The number of fused-ring (bicyclic) bond motifs is 1. The Hall–Kier alpha value is -3.64. The number of nitrogens with one attached hydrogen (secondary N) is 2. The quantitative estimate of drug-likeness (QED) is 0.434. The van der Waals surface area contributed by atoms with Crippen LogP contribution in [-0.4, -0.2) is 27.1 Å². The summed E-state index contributed by atoms with van der Waals surface area (Å²) < 4.78 is 16.6. The minimum absolute atomic E-state index is 0.0430. The van der Waals surface area contributed by atoms with Crippen LogP contribution < -0.4 is 24.8 Å². The minimum Gasteiger partial charge on any atom is -0.493 e. The molecule has 2 atom stereocenters. The van der Waals surface area contributed by atoms with Crippen molar-refractivity contribution in [2.45, 2.75) is 24.8 Å². The van der Waals surface area contributed by atoms with Gasteiger partial charge in [0, 0.05) is 22.7 Å². The first-order valence-corrected chi connectivity index (χ1v) is 11.8. The summed E-state index contributed by atoms with van der Waals surface area (Å²) in [5.41, 5.74) is 5.51. The maximum absolute atomic E-state index is 13.7. The highest BCUT2D eigenvalue weighted by Crippen LogP contribution is 2.47. The molecule has 0 amide bonds. The number of ketones is 1. The number of hydrogen-bond acceptors (Lipinski definition) is 6. The molecule has 0 saturated carbocycles. The van der Waals surface area contributed by atoms with Crippen LogP contribution in [0.4, 0.5) is 11.4 Å². The van der Waals surface area contributed by atoms with Crippen molar-refractivity contribution in [2.75, 3.05) is 32.0 Å². The van der Waals surface area contributed by atoms with Crippen molar-refractivity contribution >= 4 is 28.8 Å². The van der Waals surface area contributed by atoms with E-state index in [2.05, 4.69) is 10.6 Å². The molecule has 6 nitrogen and oxygen atoms in total. The van der Waals surface area contributed by atoms with Gasteiger partial charge in [0.05, 0.1) is 38.7 Å². The summed E-state index contributed by atoms with van der Waals surface area (Å²) in [5.74, 6) is 1.74. The van der Waals surface area contributed by atoms with E-state index in [0.717, 1.165) is 33.8 Å². The van der Waals surface area contributed by atoms with Crippen molar-refractivity contribution in [1.82, 2.24) is 0 Å². The standard InChI is InChI=1S/C28H27ClN2O4/c1-33-24-14-18(15-25(34-2)28(24)35-3)17-12-22-26(23(32)13-17)27(16-8-10-19(29)11-9-16)31-21-7-5-4-6-20(21)30-22/h4-11,14-15,17,27,30-31H,12-13H2,1-3H3/t17-,27+/m1/s1. The van der Waals surface area contributed by atoms with Crippen LogP contribution >= 0.6 is 11.6 Å². The molecule has 0 saturated heterocycles. The highest BCUT2D eigenvalue weighted by molar-refractivity contribution is 6.30. The van der Waals surface area contributed by atoms with Crippen LogP contribution in [0.25, 0.3) is 0 Å². The van der Waals surface area contributed by atoms with Crippen LogP contribution in [0, 0.1) is 0 Å². The molecule has 1 heterocycles. The SMILES string of the molecule is COc1cc([C@H]2CC(=O)C3=C(C2)Nc2ccccc2N[C@H]3c2ccc(Cl)cc2)cc(OC)c1OC. The van der Waals surface area contributed by atoms with E-state index in [4.69, 9.17) is 25.8 Å². The molecular formula is C28H27ClN2O4. The van der Waals surface area contributed by atoms with Gasteiger partial charge in [0.15, 0.2) is 17.3 Å². The summed E-state index contributed by atoms with van der Waals surface area (Å²) in [7, 11) is 4.78. The summed E-state index contributed by atoms with van der Waals surface area (Å²) in [6.07, 6.45) is 1.04. The van der Waals surface area contributed by atoms with Gasteiger partial charge in [0.2, 0.25) is 5.75 Å². The lowest BCUT2D eigenvalue weighted by molar-refractivity contribution is -0.116. The second-order valence-electron chi connectivity index (χ2n) is 8.68. The third-order valence-corrected chi connectivity index (χ3v) is 6.92. The third-order valence-electron chi connectivity index (χ3n) is 6.67. The van der Waals surface area contributed by atoms with E-state index in [0.29, 0.717) is 35.1 Å². The smallest absolute Gasteiger partial charge is 0.203 e. The Bertz CT molecular complexity index is 1280. The maximum Gasteiger partial charge on any atom is 0.203 e. The van der Waals surface area contributed by atoms with E-state index >= 15 is 0 Å². The molecule has 35 heavy (non-hydrogen) atoms. The van der Waals surface area contributed by atoms with Gasteiger partial charge in [-0.2, -0.15) is 0 Å². The molecule has 2 N–H and O–H groups in total. The number of rotatable bonds is 5. The number of Topliss-reactive ketones (excluding diaryl/α,β-unsaturated/α-hetero) is 1. The second kappa shape index (κ2) is 9.55. The number of allylic oxidation sites excluding steroid dienone is 1. The minimum atomic E-state index is -0.285. The predicted molar refractivity (Wildman–Crippen MR) is 138 cm³/mol. The Labute approximate surface area is 209 Å². The number of methoxy groups -OCH3 is 3. The predicted octanol–water partition coefficient (Wildman–Crippen LogP) is 6.35. The molecule has 0 radical (unpaired) electrons. The highest BCUT2D eigenvalue weighted by Gasteiger charge is 2.36. The fourth-order valence-electron chi connectivity index (χ4n) is 4.97. The Morgan fingerprint density at radius 2 is 1.49 bits per heavy atom. The fourth-order valence-corrected chi connectivity index (χ4v) is 5.10. The highest BCUT2D eigenvalue weighted by atomic mass is 35.5. The fraction of sp³-hybridized carbons (Fsp3) is 0.250. The average Bonchev–Trinajstić information content (AvgIpc) is 3.05. The van der Waals surface area contributed by atoms with E-state index in [1.165, 1.54) is 0 Å². The Kier molecular flexibility index (Phi) is 6.31. The molecule has 180 valence electrons. The zero-order valence-corrected chi connectivity index (χ0v) is 20.6. The maximum atomic E-state index is 13.7. The number of halogens is 1. The summed E-state index contributed by atoms with van der Waals surface area (Å²) >= 11 is 6.15. The number of carbonyl (C=O) groups is 1. The Morgan fingerprint density at radius 1 is 0.829 bits per heavy atom. The molecule has 0 unspecified atom stereocenters. The number of ether oxygens (including phenoxy) is 3. The number of hydrogen-bond donors (Lipinski definition) is 2. The van der Waals surface area contributed by atoms with E-state index < -0.39 is 0 Å². The second-order valence-corrected chi connectivity index (χ2v) is 9.12. The lowest BCUT2D eigenvalue weighted by Crippen LogP contribution is -2.26. The van der Waals surface area contributed by atoms with Gasteiger partial charge in [-0.05, 0) is 59.9 Å². The van der Waals surface area contributed by atoms with E-state index in [9.17, 15) is 4.79 Å². The van der Waals surface area contributed by atoms with Gasteiger partial charge >= 0.3 is 0 Å². The molecular weight excluding hydrogens is 464 g/mol. The van der Waals surface area contributed by atoms with Crippen LogP contribution in [0.5, 0.6) is 17.2 Å². The van der Waals surface area contributed by atoms with Gasteiger partial charge in [-0.15, -0.1) is 0 Å². The van der Waals surface area contributed by atoms with Crippen LogP contribution in [0.1, 0.15) is 35.9 Å². The molecule has 0 fully saturated rings. The molecule has 7 heteroatoms. The summed E-state index contributed by atoms with van der Waals surface area (Å²) in [5, 5.41) is 7.82. The van der Waals surface area contributed by atoms with Crippen molar-refractivity contribution in [3.63, 3.8) is 0 Å². The monoisotopic (exact) mass is 490 g/mol. The Morgan fingerprint density at radius 3 is 2.11 bits per heavy atom. The number of carbonyl (C=O) groups excluding carboxylic acids is 1. The molecule has 3 aromatic carbocycles. The molecule has 0 aromatic heterocycles. The first kappa shape index (κ1) is 23.1. The summed E-state index contributed by atoms with van der Waals surface area (Å²) in [4.78, 5) is 13.7. The third kappa shape index (κ3) is 4.30. The van der Waals surface area contributed by atoms with Crippen molar-refractivity contribution in [2.24, 2.45) is 0 Å². The van der Waals surface area contributed by atoms with Gasteiger partial charge in [0.1, 0.15) is 0 Å². The van der Waals surface area contributed by atoms with Gasteiger partial charge < -0.3 is 24.8 Å². The molecule has 5 rings (SSSR count). The van der Waals surface area contributed by atoms with E-state index in [-0.39, 0.29) is 17.7 Å².